The molecule has 20 heavy (non-hydrogen) atoms. The number of hydrogen-bond donors (Lipinski definition) is 1. The number of rotatable bonds is 3. The van der Waals surface area contributed by atoms with Crippen molar-refractivity contribution in [2.24, 2.45) is 0 Å². The molecule has 2 aliphatic rings. The molecule has 2 atom stereocenters. The van der Waals surface area contributed by atoms with Crippen LogP contribution in [0.5, 0.6) is 0 Å². The first-order valence-corrected chi connectivity index (χ1v) is 7.48. The third-order valence-electron chi connectivity index (χ3n) is 4.18. The van der Waals surface area contributed by atoms with E-state index in [0.29, 0.717) is 19.5 Å². The lowest BCUT2D eigenvalue weighted by Crippen LogP contribution is -2.45. The fraction of sp³-hybridized carbons (Fsp3) is 0.857. The van der Waals surface area contributed by atoms with Crippen LogP contribution in [0.25, 0.3) is 0 Å². The number of carbonyl (C=O) groups is 2. The highest BCUT2D eigenvalue weighted by atomic mass is 16.5. The van der Waals surface area contributed by atoms with Crippen molar-refractivity contribution in [2.45, 2.75) is 38.3 Å². The van der Waals surface area contributed by atoms with Crippen molar-refractivity contribution in [3.63, 3.8) is 0 Å². The summed E-state index contributed by atoms with van der Waals surface area (Å²) < 4.78 is 5.28. The van der Waals surface area contributed by atoms with Crippen LogP contribution in [0, 0.1) is 0 Å². The summed E-state index contributed by atoms with van der Waals surface area (Å²) in [7, 11) is 1.68. The van der Waals surface area contributed by atoms with E-state index in [2.05, 4.69) is 5.32 Å². The number of hydrogen-bond acceptors (Lipinski definition) is 4. The van der Waals surface area contributed by atoms with Gasteiger partial charge in [0.25, 0.3) is 0 Å². The van der Waals surface area contributed by atoms with Crippen LogP contribution >= 0.6 is 0 Å². The average Bonchev–Trinajstić information content (AvgIpc) is 2.82. The summed E-state index contributed by atoms with van der Waals surface area (Å²) in [6.45, 7) is 5.40. The standard InChI is InChI=1S/C14H25N3O3/c1-3-13(18)16-5-4-6-17(8-7-16)14(19)12-9-11(20-2)10-15-12/h11-12,15H,3-10H2,1-2H3. The average molecular weight is 283 g/mol. The maximum Gasteiger partial charge on any atom is 0.239 e. The molecule has 0 aromatic rings. The number of ether oxygens (including phenoxy) is 1. The first-order valence-electron chi connectivity index (χ1n) is 7.48. The summed E-state index contributed by atoms with van der Waals surface area (Å²) in [5.74, 6) is 0.327. The zero-order valence-corrected chi connectivity index (χ0v) is 12.4. The Kier molecular flexibility index (Phi) is 5.37. The van der Waals surface area contributed by atoms with Crippen LogP contribution in [0.4, 0.5) is 0 Å². The molecule has 6 nitrogen and oxygen atoms in total. The second kappa shape index (κ2) is 7.04. The van der Waals surface area contributed by atoms with Gasteiger partial charge in [0.15, 0.2) is 0 Å². The van der Waals surface area contributed by atoms with E-state index in [1.54, 1.807) is 7.11 Å². The Balaban J connectivity index is 1.87. The van der Waals surface area contributed by atoms with E-state index in [-0.39, 0.29) is 24.0 Å². The van der Waals surface area contributed by atoms with E-state index in [9.17, 15) is 9.59 Å². The van der Waals surface area contributed by atoms with Crippen molar-refractivity contribution < 1.29 is 14.3 Å². The van der Waals surface area contributed by atoms with Gasteiger partial charge in [-0.2, -0.15) is 0 Å². The summed E-state index contributed by atoms with van der Waals surface area (Å²) in [5.41, 5.74) is 0. The normalized spacial score (nSPS) is 27.5. The zero-order valence-electron chi connectivity index (χ0n) is 12.4. The lowest BCUT2D eigenvalue weighted by atomic mass is 10.1. The van der Waals surface area contributed by atoms with Crippen molar-refractivity contribution in [2.75, 3.05) is 39.8 Å². The molecule has 0 spiro atoms. The summed E-state index contributed by atoms with van der Waals surface area (Å²) >= 11 is 0. The molecule has 0 aromatic carbocycles. The molecule has 2 heterocycles. The number of carbonyl (C=O) groups excluding carboxylic acids is 2. The summed E-state index contributed by atoms with van der Waals surface area (Å²) in [4.78, 5) is 27.9. The lowest BCUT2D eigenvalue weighted by molar-refractivity contribution is -0.134. The second-order valence-electron chi connectivity index (χ2n) is 5.47. The van der Waals surface area contributed by atoms with E-state index >= 15 is 0 Å². The molecular formula is C14H25N3O3. The topological polar surface area (TPSA) is 61.9 Å². The Morgan fingerprint density at radius 1 is 1.20 bits per heavy atom. The molecule has 0 radical (unpaired) electrons. The van der Waals surface area contributed by atoms with Gasteiger partial charge < -0.3 is 19.9 Å². The molecule has 114 valence electrons. The van der Waals surface area contributed by atoms with E-state index in [4.69, 9.17) is 4.74 Å². The third kappa shape index (κ3) is 3.49. The molecule has 0 aromatic heterocycles. The first kappa shape index (κ1) is 15.3. The van der Waals surface area contributed by atoms with Gasteiger partial charge in [0, 0.05) is 46.3 Å². The molecule has 1 N–H and O–H groups in total. The SMILES string of the molecule is CCC(=O)N1CCCN(C(=O)C2CC(OC)CN2)CC1. The van der Waals surface area contributed by atoms with Crippen LogP contribution in [0.3, 0.4) is 0 Å². The van der Waals surface area contributed by atoms with Crippen molar-refractivity contribution >= 4 is 11.8 Å². The maximum atomic E-state index is 12.5. The molecule has 2 aliphatic heterocycles. The zero-order chi connectivity index (χ0) is 14.5. The molecule has 0 bridgehead atoms. The minimum Gasteiger partial charge on any atom is -0.380 e. The van der Waals surface area contributed by atoms with Crippen molar-refractivity contribution in [3.8, 4) is 0 Å². The Bertz CT molecular complexity index is 362. The number of nitrogens with one attached hydrogen (secondary N) is 1. The Morgan fingerprint density at radius 2 is 1.90 bits per heavy atom. The van der Waals surface area contributed by atoms with E-state index in [0.717, 1.165) is 32.5 Å². The highest BCUT2D eigenvalue weighted by molar-refractivity contribution is 5.82. The Morgan fingerprint density at radius 3 is 2.55 bits per heavy atom. The van der Waals surface area contributed by atoms with Crippen LogP contribution in [-0.4, -0.2) is 73.6 Å². The highest BCUT2D eigenvalue weighted by Crippen LogP contribution is 2.14. The van der Waals surface area contributed by atoms with Gasteiger partial charge in [-0.25, -0.2) is 0 Å². The fourth-order valence-electron chi connectivity index (χ4n) is 2.90. The number of methoxy groups -OCH3 is 1. The van der Waals surface area contributed by atoms with Gasteiger partial charge in [0.1, 0.15) is 0 Å². The first-order chi connectivity index (χ1) is 9.65. The monoisotopic (exact) mass is 283 g/mol. The van der Waals surface area contributed by atoms with Gasteiger partial charge in [-0.05, 0) is 12.8 Å². The molecule has 0 aliphatic carbocycles. The van der Waals surface area contributed by atoms with Crippen LogP contribution in [0.1, 0.15) is 26.2 Å². The molecular weight excluding hydrogens is 258 g/mol. The van der Waals surface area contributed by atoms with Gasteiger partial charge in [0.05, 0.1) is 12.1 Å². The molecule has 2 unspecified atom stereocenters. The summed E-state index contributed by atoms with van der Waals surface area (Å²) in [6, 6.07) is -0.131. The lowest BCUT2D eigenvalue weighted by Gasteiger charge is -2.24. The highest BCUT2D eigenvalue weighted by Gasteiger charge is 2.33. The molecule has 2 amide bonds. The van der Waals surface area contributed by atoms with E-state index < -0.39 is 0 Å². The van der Waals surface area contributed by atoms with Gasteiger partial charge in [-0.1, -0.05) is 6.92 Å². The predicted molar refractivity (Wildman–Crippen MR) is 75.3 cm³/mol. The molecule has 6 heteroatoms. The summed E-state index contributed by atoms with van der Waals surface area (Å²) in [6.07, 6.45) is 2.27. The quantitative estimate of drug-likeness (QED) is 0.781. The van der Waals surface area contributed by atoms with Crippen LogP contribution < -0.4 is 5.32 Å². The van der Waals surface area contributed by atoms with Gasteiger partial charge in [0.2, 0.25) is 11.8 Å². The smallest absolute Gasteiger partial charge is 0.239 e. The molecule has 2 saturated heterocycles. The maximum absolute atomic E-state index is 12.5. The number of nitrogens with zero attached hydrogens (tertiary/aromatic N) is 2. The third-order valence-corrected chi connectivity index (χ3v) is 4.18. The molecule has 2 rings (SSSR count). The number of amides is 2. The van der Waals surface area contributed by atoms with Crippen LogP contribution in [0.2, 0.25) is 0 Å². The fourth-order valence-corrected chi connectivity index (χ4v) is 2.90. The van der Waals surface area contributed by atoms with Crippen LogP contribution in [-0.2, 0) is 14.3 Å². The van der Waals surface area contributed by atoms with Crippen molar-refractivity contribution in [1.29, 1.82) is 0 Å². The van der Waals surface area contributed by atoms with Gasteiger partial charge in [-0.3, -0.25) is 9.59 Å². The van der Waals surface area contributed by atoms with E-state index in [1.165, 1.54) is 0 Å². The van der Waals surface area contributed by atoms with Gasteiger partial charge >= 0.3 is 0 Å². The second-order valence-corrected chi connectivity index (χ2v) is 5.47. The Labute approximate surface area is 120 Å². The molecule has 2 fully saturated rings. The van der Waals surface area contributed by atoms with E-state index in [1.807, 2.05) is 16.7 Å². The minimum atomic E-state index is -0.131. The van der Waals surface area contributed by atoms with Crippen molar-refractivity contribution in [3.05, 3.63) is 0 Å². The Hall–Kier alpha value is -1.14. The minimum absolute atomic E-state index is 0.131. The summed E-state index contributed by atoms with van der Waals surface area (Å²) in [5, 5.41) is 3.22. The van der Waals surface area contributed by atoms with Crippen LogP contribution in [0.15, 0.2) is 0 Å². The predicted octanol–water partition coefficient (Wildman–Crippen LogP) is -0.166. The largest absolute Gasteiger partial charge is 0.380 e. The van der Waals surface area contributed by atoms with Gasteiger partial charge in [-0.15, -0.1) is 0 Å². The molecule has 0 saturated carbocycles. The van der Waals surface area contributed by atoms with Crippen molar-refractivity contribution in [1.82, 2.24) is 15.1 Å².